The number of nitrogens with two attached hydrogens (primary N) is 1. The summed E-state index contributed by atoms with van der Waals surface area (Å²) in [6, 6.07) is 15.5. The van der Waals surface area contributed by atoms with E-state index in [0.29, 0.717) is 12.1 Å². The highest BCUT2D eigenvalue weighted by molar-refractivity contribution is 6.17. The van der Waals surface area contributed by atoms with E-state index >= 15 is 0 Å². The van der Waals surface area contributed by atoms with Gasteiger partial charge in [0.2, 0.25) is 5.96 Å². The minimum Gasteiger partial charge on any atom is -0.379 e. The maximum absolute atomic E-state index is 13.5. The van der Waals surface area contributed by atoms with Gasteiger partial charge in [0.15, 0.2) is 12.0 Å². The highest BCUT2D eigenvalue weighted by Crippen LogP contribution is 2.28. The number of aliphatic imine (C=N–C) groups is 1. The number of nitriles is 1. The zero-order valence-corrected chi connectivity index (χ0v) is 18.8. The Morgan fingerprint density at radius 2 is 1.88 bits per heavy atom. The number of ether oxygens (including phenoxy) is 1. The number of hydrogen-bond donors (Lipinski definition) is 2. The minimum absolute atomic E-state index is 0.00883. The fourth-order valence-electron chi connectivity index (χ4n) is 4.25. The van der Waals surface area contributed by atoms with Crippen LogP contribution in [0.3, 0.4) is 0 Å². The molecule has 0 saturated carbocycles. The van der Waals surface area contributed by atoms with E-state index in [1.54, 1.807) is 6.19 Å². The Hall–Kier alpha value is -3.67. The molecule has 2 aromatic carbocycles. The summed E-state index contributed by atoms with van der Waals surface area (Å²) in [5.41, 5.74) is 9.93. The number of nitrogens with one attached hydrogen (secondary N) is 1. The standard InChI is InChI=1S/C25H28N6O2/c1-18-23(24(32)20-8-6-19(7-9-20)16-28-25(27)29-17-26)21-4-2-3-5-22(21)31(18)11-10-30-12-14-33-15-13-30/h2-9H,10-16H2,1H3,(H3,27,28,29). The Morgan fingerprint density at radius 1 is 1.15 bits per heavy atom. The summed E-state index contributed by atoms with van der Waals surface area (Å²) in [5.74, 6) is 0.0766. The van der Waals surface area contributed by atoms with Crippen LogP contribution in [-0.2, 0) is 17.8 Å². The summed E-state index contributed by atoms with van der Waals surface area (Å²) < 4.78 is 7.71. The van der Waals surface area contributed by atoms with Crippen LogP contribution in [0.15, 0.2) is 53.5 Å². The van der Waals surface area contributed by atoms with Gasteiger partial charge < -0.3 is 15.0 Å². The zero-order valence-electron chi connectivity index (χ0n) is 18.8. The third-order valence-corrected chi connectivity index (χ3v) is 6.03. The van der Waals surface area contributed by atoms with Crippen LogP contribution < -0.4 is 11.1 Å². The first-order valence-electron chi connectivity index (χ1n) is 11.0. The van der Waals surface area contributed by atoms with Crippen LogP contribution in [0.1, 0.15) is 27.2 Å². The largest absolute Gasteiger partial charge is 0.379 e. The van der Waals surface area contributed by atoms with Crippen LogP contribution in [0.5, 0.6) is 0 Å². The summed E-state index contributed by atoms with van der Waals surface area (Å²) in [6.45, 7) is 7.55. The molecule has 8 nitrogen and oxygen atoms in total. The second-order valence-electron chi connectivity index (χ2n) is 8.05. The molecule has 0 aliphatic carbocycles. The molecular formula is C25H28N6O2. The summed E-state index contributed by atoms with van der Waals surface area (Å²) in [4.78, 5) is 20.0. The smallest absolute Gasteiger partial charge is 0.202 e. The fraction of sp³-hybridized carbons (Fsp3) is 0.320. The van der Waals surface area contributed by atoms with Crippen molar-refractivity contribution in [3.05, 3.63) is 70.9 Å². The molecule has 33 heavy (non-hydrogen) atoms. The molecule has 0 spiro atoms. The molecule has 1 fully saturated rings. The number of hydrogen-bond acceptors (Lipinski definition) is 5. The van der Waals surface area contributed by atoms with Crippen LogP contribution in [0.2, 0.25) is 0 Å². The lowest BCUT2D eigenvalue weighted by molar-refractivity contribution is 0.0365. The number of aromatic nitrogens is 1. The maximum atomic E-state index is 13.5. The molecule has 3 aromatic rings. The van der Waals surface area contributed by atoms with E-state index in [4.69, 9.17) is 15.7 Å². The molecular weight excluding hydrogens is 416 g/mol. The lowest BCUT2D eigenvalue weighted by Crippen LogP contribution is -2.38. The zero-order chi connectivity index (χ0) is 23.2. The highest BCUT2D eigenvalue weighted by Gasteiger charge is 2.21. The van der Waals surface area contributed by atoms with Gasteiger partial charge in [0.1, 0.15) is 0 Å². The Kier molecular flexibility index (Phi) is 7.03. The van der Waals surface area contributed by atoms with Gasteiger partial charge in [-0.1, -0.05) is 42.5 Å². The van der Waals surface area contributed by atoms with Gasteiger partial charge in [-0.3, -0.25) is 15.0 Å². The SMILES string of the molecule is Cc1c(C(=O)c2ccc(CN=C(N)NC#N)cc2)c2ccccc2n1CCN1CCOCC1. The molecule has 1 saturated heterocycles. The molecule has 1 aromatic heterocycles. The molecule has 4 rings (SSSR count). The lowest BCUT2D eigenvalue weighted by Gasteiger charge is -2.27. The number of guanidine groups is 1. The lowest BCUT2D eigenvalue weighted by atomic mass is 9.99. The molecule has 0 bridgehead atoms. The maximum Gasteiger partial charge on any atom is 0.202 e. The van der Waals surface area contributed by atoms with Gasteiger partial charge in [-0.15, -0.1) is 0 Å². The third-order valence-electron chi connectivity index (χ3n) is 6.03. The number of nitrogens with zero attached hydrogens (tertiary/aromatic N) is 4. The van der Waals surface area contributed by atoms with Gasteiger partial charge in [0.25, 0.3) is 0 Å². The van der Waals surface area contributed by atoms with Gasteiger partial charge >= 0.3 is 0 Å². The summed E-state index contributed by atoms with van der Waals surface area (Å²) >= 11 is 0. The monoisotopic (exact) mass is 444 g/mol. The van der Waals surface area contributed by atoms with E-state index in [2.05, 4.69) is 25.8 Å². The molecule has 1 aliphatic heterocycles. The van der Waals surface area contributed by atoms with Crippen molar-refractivity contribution in [1.82, 2.24) is 14.8 Å². The normalized spacial score (nSPS) is 14.8. The van der Waals surface area contributed by atoms with Gasteiger partial charge in [-0.2, -0.15) is 5.26 Å². The molecule has 1 aliphatic rings. The number of morpholine rings is 1. The first-order valence-corrected chi connectivity index (χ1v) is 11.0. The fourth-order valence-corrected chi connectivity index (χ4v) is 4.25. The Labute approximate surface area is 193 Å². The summed E-state index contributed by atoms with van der Waals surface area (Å²) in [7, 11) is 0. The van der Waals surface area contributed by atoms with Crippen molar-refractivity contribution in [1.29, 1.82) is 5.26 Å². The highest BCUT2D eigenvalue weighted by atomic mass is 16.5. The first kappa shape index (κ1) is 22.5. The van der Waals surface area contributed by atoms with E-state index in [1.165, 1.54) is 0 Å². The van der Waals surface area contributed by atoms with Gasteiger partial charge in [-0.25, -0.2) is 4.99 Å². The number of para-hydroxylation sites is 1. The molecule has 8 heteroatoms. The first-order chi connectivity index (χ1) is 16.1. The van der Waals surface area contributed by atoms with Crippen LogP contribution in [0.4, 0.5) is 0 Å². The molecule has 3 N–H and O–H groups in total. The summed E-state index contributed by atoms with van der Waals surface area (Å²) in [5, 5.41) is 11.8. The van der Waals surface area contributed by atoms with Crippen molar-refractivity contribution in [2.24, 2.45) is 10.7 Å². The predicted molar refractivity (Wildman–Crippen MR) is 128 cm³/mol. The molecule has 0 atom stereocenters. The second kappa shape index (κ2) is 10.3. The van der Waals surface area contributed by atoms with Crippen LogP contribution in [0.25, 0.3) is 10.9 Å². The van der Waals surface area contributed by atoms with E-state index in [9.17, 15) is 4.79 Å². The molecule has 170 valence electrons. The number of ketones is 1. The number of benzene rings is 2. The van der Waals surface area contributed by atoms with E-state index in [1.807, 2.05) is 49.4 Å². The Morgan fingerprint density at radius 3 is 2.61 bits per heavy atom. The van der Waals surface area contributed by atoms with Gasteiger partial charge in [0, 0.05) is 48.3 Å². The van der Waals surface area contributed by atoms with Crippen LogP contribution >= 0.6 is 0 Å². The Bertz CT molecular complexity index is 1200. The molecule has 0 amide bonds. The van der Waals surface area contributed by atoms with Crippen LogP contribution in [0, 0.1) is 18.4 Å². The van der Waals surface area contributed by atoms with Crippen molar-refractivity contribution < 1.29 is 9.53 Å². The van der Waals surface area contributed by atoms with Crippen molar-refractivity contribution in [2.75, 3.05) is 32.8 Å². The third kappa shape index (κ3) is 5.06. The minimum atomic E-state index is 0.00883. The van der Waals surface area contributed by atoms with E-state index < -0.39 is 0 Å². The average Bonchev–Trinajstić information content (AvgIpc) is 3.13. The van der Waals surface area contributed by atoms with Crippen molar-refractivity contribution in [2.45, 2.75) is 20.0 Å². The topological polar surface area (TPSA) is 109 Å². The number of rotatable bonds is 7. The predicted octanol–water partition coefficient (Wildman–Crippen LogP) is 2.40. The Balaban J connectivity index is 1.57. The number of fused-ring (bicyclic) bond motifs is 1. The summed E-state index contributed by atoms with van der Waals surface area (Å²) in [6.07, 6.45) is 1.73. The second-order valence-corrected chi connectivity index (χ2v) is 8.05. The number of carbonyl (C=O) groups excluding carboxylic acids is 1. The van der Waals surface area contributed by atoms with Crippen LogP contribution in [-0.4, -0.2) is 54.1 Å². The van der Waals surface area contributed by atoms with Crippen molar-refractivity contribution in [3.8, 4) is 6.19 Å². The van der Waals surface area contributed by atoms with Gasteiger partial charge in [0.05, 0.1) is 25.3 Å². The number of carbonyl (C=O) groups is 1. The quantitative estimate of drug-likeness (QED) is 0.190. The van der Waals surface area contributed by atoms with Crippen molar-refractivity contribution >= 4 is 22.6 Å². The molecule has 0 radical (unpaired) electrons. The van der Waals surface area contributed by atoms with Gasteiger partial charge in [-0.05, 0) is 18.6 Å². The average molecular weight is 445 g/mol. The molecule has 2 heterocycles. The van der Waals surface area contributed by atoms with Crippen molar-refractivity contribution in [3.63, 3.8) is 0 Å². The van der Waals surface area contributed by atoms with E-state index in [0.717, 1.165) is 67.1 Å². The molecule has 0 unspecified atom stereocenters. The van der Waals surface area contributed by atoms with E-state index in [-0.39, 0.29) is 11.7 Å².